The molecule has 0 bridgehead atoms. The van der Waals surface area contributed by atoms with Crippen LogP contribution in [0.3, 0.4) is 0 Å². The zero-order valence-electron chi connectivity index (χ0n) is 16.7. The van der Waals surface area contributed by atoms with Gasteiger partial charge in [0.25, 0.3) is 11.6 Å². The van der Waals surface area contributed by atoms with Gasteiger partial charge in [0, 0.05) is 43.0 Å². The lowest BCUT2D eigenvalue weighted by Crippen LogP contribution is -2.57. The molecule has 0 aliphatic carbocycles. The fourth-order valence-corrected chi connectivity index (χ4v) is 3.85. The Morgan fingerprint density at radius 2 is 1.94 bits per heavy atom. The summed E-state index contributed by atoms with van der Waals surface area (Å²) in [5, 5.41) is 20.1. The molecule has 170 valence electrons. The number of ether oxygens (including phenoxy) is 1. The minimum absolute atomic E-state index is 0.0400. The van der Waals surface area contributed by atoms with Crippen molar-refractivity contribution in [2.75, 3.05) is 31.1 Å². The largest absolute Gasteiger partial charge is 0.465 e. The number of nitro groups is 1. The Labute approximate surface area is 174 Å². The van der Waals surface area contributed by atoms with Gasteiger partial charge in [-0.2, -0.15) is 13.2 Å². The van der Waals surface area contributed by atoms with Gasteiger partial charge in [-0.1, -0.05) is 0 Å². The summed E-state index contributed by atoms with van der Waals surface area (Å²) in [7, 11) is 0. The number of hydrogen-bond acceptors (Lipinski definition) is 6. The summed E-state index contributed by atoms with van der Waals surface area (Å²) >= 11 is 0. The third-order valence-electron chi connectivity index (χ3n) is 5.39. The zero-order valence-corrected chi connectivity index (χ0v) is 16.7. The van der Waals surface area contributed by atoms with Crippen LogP contribution < -0.4 is 4.90 Å². The van der Waals surface area contributed by atoms with E-state index in [0.717, 1.165) is 15.9 Å². The van der Waals surface area contributed by atoms with Crippen LogP contribution >= 0.6 is 0 Å². The van der Waals surface area contributed by atoms with Gasteiger partial charge in [-0.3, -0.25) is 14.9 Å². The molecule has 10 nitrogen and oxygen atoms in total. The predicted molar refractivity (Wildman–Crippen MR) is 101 cm³/mol. The van der Waals surface area contributed by atoms with Crippen LogP contribution in [0.5, 0.6) is 0 Å². The number of nitro benzene ring substituents is 1. The van der Waals surface area contributed by atoms with Gasteiger partial charge in [0.15, 0.2) is 6.10 Å². The molecule has 3 unspecified atom stereocenters. The van der Waals surface area contributed by atoms with Crippen molar-refractivity contribution in [1.82, 2.24) is 9.80 Å². The van der Waals surface area contributed by atoms with E-state index in [-0.39, 0.29) is 36.6 Å². The topological polar surface area (TPSA) is 116 Å². The summed E-state index contributed by atoms with van der Waals surface area (Å²) in [6.45, 7) is 2.75. The third kappa shape index (κ3) is 4.50. The van der Waals surface area contributed by atoms with Crippen LogP contribution in [0.1, 0.15) is 12.5 Å². The number of anilines is 1. The Hall–Kier alpha value is -3.09. The molecule has 2 aliphatic rings. The highest BCUT2D eigenvalue weighted by Crippen LogP contribution is 2.37. The molecule has 1 aromatic carbocycles. The second-order valence-electron chi connectivity index (χ2n) is 7.51. The Kier molecular flexibility index (Phi) is 5.98. The average molecular weight is 446 g/mol. The fourth-order valence-electron chi connectivity index (χ4n) is 3.85. The van der Waals surface area contributed by atoms with Crippen molar-refractivity contribution in [2.24, 2.45) is 0 Å². The van der Waals surface area contributed by atoms with Crippen LogP contribution in [-0.4, -0.2) is 82.6 Å². The van der Waals surface area contributed by atoms with Crippen LogP contribution in [-0.2, 0) is 9.53 Å². The Balaban J connectivity index is 1.80. The van der Waals surface area contributed by atoms with Crippen LogP contribution in [0.4, 0.5) is 29.3 Å². The molecule has 0 spiro atoms. The summed E-state index contributed by atoms with van der Waals surface area (Å²) in [6, 6.07) is 3.04. The van der Waals surface area contributed by atoms with E-state index >= 15 is 0 Å². The van der Waals surface area contributed by atoms with E-state index < -0.39 is 48.0 Å². The first-order chi connectivity index (χ1) is 14.4. The summed E-state index contributed by atoms with van der Waals surface area (Å²) in [4.78, 5) is 37.7. The van der Waals surface area contributed by atoms with Crippen LogP contribution in [0.15, 0.2) is 18.2 Å². The number of carboxylic acid groups (broad SMARTS) is 1. The summed E-state index contributed by atoms with van der Waals surface area (Å²) in [5.41, 5.74) is -0.00746. The van der Waals surface area contributed by atoms with E-state index in [2.05, 4.69) is 0 Å². The van der Waals surface area contributed by atoms with Crippen molar-refractivity contribution in [3.05, 3.63) is 33.9 Å². The van der Waals surface area contributed by atoms with Gasteiger partial charge < -0.3 is 24.5 Å². The lowest BCUT2D eigenvalue weighted by atomic mass is 10.1. The highest BCUT2D eigenvalue weighted by molar-refractivity contribution is 5.83. The van der Waals surface area contributed by atoms with Gasteiger partial charge in [-0.05, 0) is 26.0 Å². The maximum atomic E-state index is 13.6. The molecule has 2 amide bonds. The standard InChI is InChI=1S/C18H21F3N4O6/c1-10-7-12(3-4-13(10)25(29)30)24-9-14(31-16(24)18(19,20)21)15(26)22-5-6-23(17(27)28)11(2)8-22/h3-4,7,11,14,16H,5-6,8-9H2,1-2H3,(H,27,28). The summed E-state index contributed by atoms with van der Waals surface area (Å²) in [5.74, 6) is -0.660. The smallest absolute Gasteiger partial charge is 0.433 e. The molecule has 2 aliphatic heterocycles. The number of benzene rings is 1. The average Bonchev–Trinajstić information content (AvgIpc) is 3.12. The number of piperazine rings is 1. The monoisotopic (exact) mass is 446 g/mol. The molecular formula is C18H21F3N4O6. The van der Waals surface area contributed by atoms with Crippen LogP contribution in [0.2, 0.25) is 0 Å². The first kappa shape index (κ1) is 22.6. The molecule has 1 N–H and O–H groups in total. The van der Waals surface area contributed by atoms with E-state index in [1.165, 1.54) is 24.0 Å². The molecule has 0 saturated carbocycles. The molecular weight excluding hydrogens is 425 g/mol. The molecule has 2 heterocycles. The highest BCUT2D eigenvalue weighted by atomic mass is 19.4. The van der Waals surface area contributed by atoms with Crippen molar-refractivity contribution < 1.29 is 37.5 Å². The van der Waals surface area contributed by atoms with Gasteiger partial charge in [0.05, 0.1) is 11.5 Å². The Bertz CT molecular complexity index is 896. The number of rotatable bonds is 3. The highest BCUT2D eigenvalue weighted by Gasteiger charge is 2.53. The SMILES string of the molecule is Cc1cc(N2CC(C(=O)N3CCN(C(=O)O)C(C)C3)OC2C(F)(F)F)ccc1[N+](=O)[O-]. The quantitative estimate of drug-likeness (QED) is 0.559. The molecule has 1 aromatic rings. The molecule has 3 atom stereocenters. The molecule has 2 fully saturated rings. The predicted octanol–water partition coefficient (Wildman–Crippen LogP) is 2.21. The lowest BCUT2D eigenvalue weighted by molar-refractivity contribution is -0.385. The molecule has 31 heavy (non-hydrogen) atoms. The second kappa shape index (κ2) is 8.21. The van der Waals surface area contributed by atoms with Crippen molar-refractivity contribution >= 4 is 23.4 Å². The van der Waals surface area contributed by atoms with E-state index in [1.807, 2.05) is 0 Å². The number of hydrogen-bond donors (Lipinski definition) is 1. The van der Waals surface area contributed by atoms with Gasteiger partial charge in [-0.15, -0.1) is 0 Å². The normalized spacial score (nSPS) is 24.4. The number of carbonyl (C=O) groups is 2. The number of carbonyl (C=O) groups excluding carboxylic acids is 1. The maximum Gasteiger partial charge on any atom is 0.433 e. The van der Waals surface area contributed by atoms with Crippen LogP contribution in [0, 0.1) is 17.0 Å². The van der Waals surface area contributed by atoms with Gasteiger partial charge in [-0.25, -0.2) is 4.79 Å². The minimum Gasteiger partial charge on any atom is -0.465 e. The number of nitrogens with zero attached hydrogens (tertiary/aromatic N) is 4. The number of aryl methyl sites for hydroxylation is 1. The third-order valence-corrected chi connectivity index (χ3v) is 5.39. The molecule has 2 saturated heterocycles. The first-order valence-electron chi connectivity index (χ1n) is 9.42. The van der Waals surface area contributed by atoms with E-state index in [4.69, 9.17) is 9.84 Å². The zero-order chi connectivity index (χ0) is 23.1. The van der Waals surface area contributed by atoms with Crippen molar-refractivity contribution in [2.45, 2.75) is 38.4 Å². The first-order valence-corrected chi connectivity index (χ1v) is 9.42. The number of halogens is 3. The number of alkyl halides is 3. The Morgan fingerprint density at radius 1 is 1.26 bits per heavy atom. The van der Waals surface area contributed by atoms with Gasteiger partial charge in [0.2, 0.25) is 6.23 Å². The molecule has 0 radical (unpaired) electrons. The summed E-state index contributed by atoms with van der Waals surface area (Å²) in [6.07, 6.45) is -9.74. The lowest BCUT2D eigenvalue weighted by Gasteiger charge is -2.38. The van der Waals surface area contributed by atoms with E-state index in [9.17, 15) is 32.9 Å². The van der Waals surface area contributed by atoms with E-state index in [0.29, 0.717) is 0 Å². The maximum absolute atomic E-state index is 13.6. The minimum atomic E-state index is -4.81. The van der Waals surface area contributed by atoms with Gasteiger partial charge in [0.1, 0.15) is 0 Å². The summed E-state index contributed by atoms with van der Waals surface area (Å²) < 4.78 is 45.9. The van der Waals surface area contributed by atoms with Crippen LogP contribution in [0.25, 0.3) is 0 Å². The van der Waals surface area contributed by atoms with E-state index in [1.54, 1.807) is 6.92 Å². The molecule has 0 aromatic heterocycles. The van der Waals surface area contributed by atoms with Gasteiger partial charge >= 0.3 is 12.3 Å². The molecule has 3 rings (SSSR count). The molecule has 13 heteroatoms. The fraction of sp³-hybridized carbons (Fsp3) is 0.556. The Morgan fingerprint density at radius 3 is 2.45 bits per heavy atom. The van der Waals surface area contributed by atoms with Crippen molar-refractivity contribution in [1.29, 1.82) is 0 Å². The second-order valence-corrected chi connectivity index (χ2v) is 7.51. The van der Waals surface area contributed by atoms with Crippen molar-refractivity contribution in [3.8, 4) is 0 Å². The van der Waals surface area contributed by atoms with Crippen molar-refractivity contribution in [3.63, 3.8) is 0 Å². The number of amides is 2.